The van der Waals surface area contributed by atoms with Gasteiger partial charge in [0, 0.05) is 24.7 Å². The Balaban J connectivity index is 3.05. The van der Waals surface area contributed by atoms with Gasteiger partial charge in [0.25, 0.3) is 0 Å². The molecular weight excluding hydrogens is 232 g/mol. The summed E-state index contributed by atoms with van der Waals surface area (Å²) in [4.78, 5) is 15.9. The molecule has 0 aliphatic rings. The first-order valence-electron chi connectivity index (χ1n) is 5.21. The van der Waals surface area contributed by atoms with Crippen molar-refractivity contribution in [2.45, 2.75) is 0 Å². The van der Waals surface area contributed by atoms with Crippen molar-refractivity contribution in [3.63, 3.8) is 0 Å². The number of anilines is 1. The van der Waals surface area contributed by atoms with E-state index in [1.807, 2.05) is 43.3 Å². The molecule has 1 aromatic rings. The van der Waals surface area contributed by atoms with Gasteiger partial charge in [-0.1, -0.05) is 17.2 Å². The van der Waals surface area contributed by atoms with E-state index in [1.54, 1.807) is 0 Å². The van der Waals surface area contributed by atoms with E-state index in [0.717, 1.165) is 11.3 Å². The van der Waals surface area contributed by atoms with Gasteiger partial charge in [0.1, 0.15) is 5.70 Å². The van der Waals surface area contributed by atoms with Crippen LogP contribution in [0.3, 0.4) is 0 Å². The number of esters is 1. The average Bonchev–Trinajstić information content (AvgIpc) is 2.38. The number of hydrogen-bond acceptors (Lipinski definition) is 4. The molecule has 18 heavy (non-hydrogen) atoms. The summed E-state index contributed by atoms with van der Waals surface area (Å²) in [6.45, 7) is 0. The van der Waals surface area contributed by atoms with E-state index in [2.05, 4.69) is 14.8 Å². The Morgan fingerprint density at radius 1 is 1.39 bits per heavy atom. The van der Waals surface area contributed by atoms with Gasteiger partial charge in [-0.3, -0.25) is 0 Å². The van der Waals surface area contributed by atoms with Crippen LogP contribution in [0, 0.1) is 0 Å². The van der Waals surface area contributed by atoms with Crippen molar-refractivity contribution in [1.82, 2.24) is 0 Å². The Labute approximate surface area is 105 Å². The summed E-state index contributed by atoms with van der Waals surface area (Å²) >= 11 is 0. The van der Waals surface area contributed by atoms with Crippen LogP contribution in [-0.2, 0) is 9.53 Å². The normalized spacial score (nSPS) is 10.5. The third-order valence-electron chi connectivity index (χ3n) is 2.26. The van der Waals surface area contributed by atoms with Gasteiger partial charge in [-0.25, -0.2) is 4.79 Å². The Bertz CT molecular complexity index is 499. The van der Waals surface area contributed by atoms with E-state index in [4.69, 9.17) is 5.53 Å². The lowest BCUT2D eigenvalue weighted by molar-refractivity contribution is -0.136. The number of benzene rings is 1. The molecule has 0 atom stereocenters. The lowest BCUT2D eigenvalue weighted by Gasteiger charge is -2.11. The van der Waals surface area contributed by atoms with Gasteiger partial charge in [-0.05, 0) is 29.3 Å². The Hall–Kier alpha value is -2.46. The van der Waals surface area contributed by atoms with E-state index in [-0.39, 0.29) is 5.70 Å². The zero-order valence-corrected chi connectivity index (χ0v) is 10.5. The molecule has 0 N–H and O–H groups in total. The molecule has 0 unspecified atom stereocenters. The number of carbonyl (C=O) groups excluding carboxylic acids is 1. The third kappa shape index (κ3) is 3.54. The number of carbonyl (C=O) groups is 1. The number of hydrogen-bond donors (Lipinski definition) is 0. The first kappa shape index (κ1) is 13.6. The predicted octanol–water partition coefficient (Wildman–Crippen LogP) is 2.58. The Morgan fingerprint density at radius 3 is 2.44 bits per heavy atom. The summed E-state index contributed by atoms with van der Waals surface area (Å²) in [7, 11) is 5.10. The summed E-state index contributed by atoms with van der Waals surface area (Å²) < 4.78 is 4.52. The van der Waals surface area contributed by atoms with Crippen LogP contribution in [0.5, 0.6) is 0 Å². The molecule has 0 heterocycles. The maximum Gasteiger partial charge on any atom is 0.340 e. The van der Waals surface area contributed by atoms with Gasteiger partial charge in [-0.2, -0.15) is 0 Å². The fourth-order valence-electron chi connectivity index (χ4n) is 1.31. The molecule has 0 saturated carbocycles. The fraction of sp³-hybridized carbons (Fsp3) is 0.250. The maximum atomic E-state index is 11.3. The molecular formula is C12H14N4O2. The largest absolute Gasteiger partial charge is 0.466 e. The first-order valence-corrected chi connectivity index (χ1v) is 5.21. The lowest BCUT2D eigenvalue weighted by atomic mass is 10.1. The fourth-order valence-corrected chi connectivity index (χ4v) is 1.31. The predicted molar refractivity (Wildman–Crippen MR) is 69.9 cm³/mol. The highest BCUT2D eigenvalue weighted by molar-refractivity contribution is 5.93. The van der Waals surface area contributed by atoms with E-state index >= 15 is 0 Å². The minimum atomic E-state index is -0.663. The van der Waals surface area contributed by atoms with Crippen LogP contribution in [0.4, 0.5) is 5.69 Å². The van der Waals surface area contributed by atoms with Gasteiger partial charge < -0.3 is 9.64 Å². The van der Waals surface area contributed by atoms with Gasteiger partial charge >= 0.3 is 5.97 Å². The van der Waals surface area contributed by atoms with Crippen molar-refractivity contribution < 1.29 is 9.53 Å². The molecule has 6 nitrogen and oxygen atoms in total. The monoisotopic (exact) mass is 246 g/mol. The molecule has 0 fully saturated rings. The summed E-state index contributed by atoms with van der Waals surface area (Å²) in [6.07, 6.45) is 1.48. The van der Waals surface area contributed by atoms with E-state index in [0.29, 0.717) is 0 Å². The molecule has 0 aliphatic carbocycles. The highest BCUT2D eigenvalue weighted by Crippen LogP contribution is 2.15. The number of nitrogens with zero attached hydrogens (tertiary/aromatic N) is 4. The van der Waals surface area contributed by atoms with Gasteiger partial charge in [0.15, 0.2) is 0 Å². The molecule has 0 amide bonds. The number of ether oxygens (including phenoxy) is 1. The van der Waals surface area contributed by atoms with Crippen LogP contribution < -0.4 is 4.90 Å². The number of methoxy groups -OCH3 is 1. The van der Waals surface area contributed by atoms with Gasteiger partial charge in [0.2, 0.25) is 0 Å². The quantitative estimate of drug-likeness (QED) is 0.269. The van der Waals surface area contributed by atoms with Crippen LogP contribution in [0.2, 0.25) is 0 Å². The molecule has 6 heteroatoms. The van der Waals surface area contributed by atoms with Crippen molar-refractivity contribution in [2.24, 2.45) is 5.11 Å². The van der Waals surface area contributed by atoms with Crippen LogP contribution in [0.1, 0.15) is 5.56 Å². The maximum absolute atomic E-state index is 11.3. The zero-order chi connectivity index (χ0) is 13.5. The van der Waals surface area contributed by atoms with Crippen LogP contribution in [0.25, 0.3) is 16.5 Å². The molecule has 1 aromatic carbocycles. The molecule has 0 aliphatic heterocycles. The van der Waals surface area contributed by atoms with Crippen molar-refractivity contribution in [2.75, 3.05) is 26.1 Å². The van der Waals surface area contributed by atoms with Crippen LogP contribution in [0.15, 0.2) is 35.1 Å². The van der Waals surface area contributed by atoms with E-state index < -0.39 is 5.97 Å². The van der Waals surface area contributed by atoms with Crippen molar-refractivity contribution in [3.05, 3.63) is 46.0 Å². The molecule has 94 valence electrons. The van der Waals surface area contributed by atoms with E-state index in [9.17, 15) is 4.79 Å². The highest BCUT2D eigenvalue weighted by atomic mass is 16.5. The summed E-state index contributed by atoms with van der Waals surface area (Å²) in [5.74, 6) is -0.663. The van der Waals surface area contributed by atoms with Gasteiger partial charge in [-0.15, -0.1) is 0 Å². The number of azide groups is 1. The lowest BCUT2D eigenvalue weighted by Crippen LogP contribution is -2.08. The molecule has 0 radical (unpaired) electrons. The topological polar surface area (TPSA) is 78.3 Å². The third-order valence-corrected chi connectivity index (χ3v) is 2.26. The van der Waals surface area contributed by atoms with Gasteiger partial charge in [0.05, 0.1) is 7.11 Å². The summed E-state index contributed by atoms with van der Waals surface area (Å²) in [6, 6.07) is 7.45. The standard InChI is InChI=1S/C12H14N4O2/c1-16(2)10-6-4-9(5-7-10)8-11(14-15-13)12(17)18-3/h4-8H,1-3H3. The van der Waals surface area contributed by atoms with Crippen molar-refractivity contribution in [1.29, 1.82) is 0 Å². The van der Waals surface area contributed by atoms with E-state index in [1.165, 1.54) is 13.2 Å². The second-order valence-electron chi connectivity index (χ2n) is 3.70. The molecule has 0 aromatic heterocycles. The minimum Gasteiger partial charge on any atom is -0.466 e. The second-order valence-corrected chi connectivity index (χ2v) is 3.70. The highest BCUT2D eigenvalue weighted by Gasteiger charge is 2.07. The Morgan fingerprint density at radius 2 is 2.00 bits per heavy atom. The Kier molecular flexibility index (Phi) is 4.78. The van der Waals surface area contributed by atoms with Crippen LogP contribution >= 0.6 is 0 Å². The SMILES string of the molecule is COC(=O)C(=Cc1ccc(N(C)C)cc1)N=[N+]=[N-]. The molecule has 0 bridgehead atoms. The summed E-state index contributed by atoms with van der Waals surface area (Å²) in [5.41, 5.74) is 10.1. The van der Waals surface area contributed by atoms with Crippen molar-refractivity contribution in [3.8, 4) is 0 Å². The van der Waals surface area contributed by atoms with Crippen molar-refractivity contribution >= 4 is 17.7 Å². The number of rotatable bonds is 4. The zero-order valence-electron chi connectivity index (χ0n) is 10.5. The summed E-state index contributed by atoms with van der Waals surface area (Å²) in [5, 5.41) is 3.30. The van der Waals surface area contributed by atoms with Crippen LogP contribution in [-0.4, -0.2) is 27.2 Å². The minimum absolute atomic E-state index is 0.0717. The smallest absolute Gasteiger partial charge is 0.340 e. The molecule has 0 spiro atoms. The second kappa shape index (κ2) is 6.32. The molecule has 1 rings (SSSR count). The molecule has 0 saturated heterocycles. The average molecular weight is 246 g/mol. The first-order chi connectivity index (χ1) is 8.58.